The van der Waals surface area contributed by atoms with Crippen molar-refractivity contribution in [2.75, 3.05) is 5.75 Å². The van der Waals surface area contributed by atoms with Gasteiger partial charge in [0.05, 0.1) is 28.6 Å². The average molecular weight is 489 g/mol. The molecule has 2 aromatic carbocycles. The molecule has 2 amide bonds. The predicted molar refractivity (Wildman–Crippen MR) is 122 cm³/mol. The topological polar surface area (TPSA) is 106 Å². The number of benzene rings is 2. The number of halogens is 2. The highest BCUT2D eigenvalue weighted by Gasteiger charge is 2.16. The second-order valence-corrected chi connectivity index (χ2v) is 8.26. The van der Waals surface area contributed by atoms with E-state index in [4.69, 9.17) is 27.6 Å². The van der Waals surface area contributed by atoms with Gasteiger partial charge in [0, 0.05) is 10.0 Å². The van der Waals surface area contributed by atoms with Gasteiger partial charge in [0.1, 0.15) is 0 Å². The summed E-state index contributed by atoms with van der Waals surface area (Å²) in [4.78, 5) is 41.9. The molecule has 0 fully saturated rings. The van der Waals surface area contributed by atoms with Crippen LogP contribution in [0.2, 0.25) is 10.0 Å². The number of nitrogens with zero attached hydrogens (tertiary/aromatic N) is 2. The summed E-state index contributed by atoms with van der Waals surface area (Å²) in [6.45, 7) is 0. The normalized spacial score (nSPS) is 10.8. The minimum Gasteiger partial charge on any atom is -0.459 e. The second kappa shape index (κ2) is 9.47. The summed E-state index contributed by atoms with van der Waals surface area (Å²) < 4.78 is 6.35. The first kappa shape index (κ1) is 21.9. The fraction of sp³-hybridized carbons (Fsp3) is 0.0476. The van der Waals surface area contributed by atoms with Crippen LogP contribution in [0.1, 0.15) is 10.6 Å². The number of carbonyl (C=O) groups excluding carboxylic acids is 2. The quantitative estimate of drug-likeness (QED) is 0.251. The molecule has 0 unspecified atom stereocenters. The van der Waals surface area contributed by atoms with Gasteiger partial charge < -0.3 is 4.42 Å². The molecular formula is C21H14Cl2N4O4S. The Morgan fingerprint density at radius 1 is 1.03 bits per heavy atom. The van der Waals surface area contributed by atoms with Crippen LogP contribution < -0.4 is 16.4 Å². The highest BCUT2D eigenvalue weighted by atomic mass is 35.5. The fourth-order valence-electron chi connectivity index (χ4n) is 2.82. The number of carbonyl (C=O) groups is 2. The molecule has 0 spiro atoms. The zero-order valence-electron chi connectivity index (χ0n) is 16.2. The first-order valence-corrected chi connectivity index (χ1v) is 10.9. The second-order valence-electron chi connectivity index (χ2n) is 6.44. The maximum atomic E-state index is 13.2. The van der Waals surface area contributed by atoms with Crippen LogP contribution in [0.4, 0.5) is 0 Å². The standard InChI is InChI=1S/C21H14Cl2N4O4S/c22-12-3-6-14(7-4-12)27-20(30)15-8-5-13(23)10-16(15)24-21(27)32-11-18(28)25-26-19(29)17-2-1-9-31-17/h1-10H,11H2,(H,25,28)(H,26,29). The molecule has 4 aromatic rings. The van der Waals surface area contributed by atoms with Gasteiger partial charge in [-0.2, -0.15) is 0 Å². The lowest BCUT2D eigenvalue weighted by molar-refractivity contribution is -0.119. The molecule has 11 heteroatoms. The lowest BCUT2D eigenvalue weighted by atomic mass is 10.2. The highest BCUT2D eigenvalue weighted by molar-refractivity contribution is 7.99. The minimum atomic E-state index is -0.593. The number of hydrogen-bond donors (Lipinski definition) is 2. The number of hydrogen-bond acceptors (Lipinski definition) is 6. The Kier molecular flexibility index (Phi) is 6.50. The number of aromatic nitrogens is 2. The number of thioether (sulfide) groups is 1. The van der Waals surface area contributed by atoms with Crippen LogP contribution >= 0.6 is 35.0 Å². The third kappa shape index (κ3) is 4.80. The average Bonchev–Trinajstić information content (AvgIpc) is 3.32. The van der Waals surface area contributed by atoms with Crippen molar-refractivity contribution in [2.45, 2.75) is 5.16 Å². The lowest BCUT2D eigenvalue weighted by Gasteiger charge is -2.13. The largest absolute Gasteiger partial charge is 0.459 e. The summed E-state index contributed by atoms with van der Waals surface area (Å²) in [5.41, 5.74) is 5.18. The van der Waals surface area contributed by atoms with Gasteiger partial charge in [-0.15, -0.1) is 0 Å². The van der Waals surface area contributed by atoms with E-state index in [0.29, 0.717) is 26.6 Å². The molecule has 0 aliphatic carbocycles. The summed E-state index contributed by atoms with van der Waals surface area (Å²) in [5, 5.41) is 1.61. The van der Waals surface area contributed by atoms with E-state index in [1.807, 2.05) is 0 Å². The fourth-order valence-corrected chi connectivity index (χ4v) is 3.92. The maximum Gasteiger partial charge on any atom is 0.305 e. The smallest absolute Gasteiger partial charge is 0.305 e. The Hall–Kier alpha value is -3.27. The van der Waals surface area contributed by atoms with E-state index in [0.717, 1.165) is 11.8 Å². The number of fused-ring (bicyclic) bond motifs is 1. The Labute approximate surface area is 195 Å². The zero-order chi connectivity index (χ0) is 22.7. The molecule has 0 atom stereocenters. The number of furan rings is 1. The van der Waals surface area contributed by atoms with E-state index in [1.54, 1.807) is 48.5 Å². The van der Waals surface area contributed by atoms with Gasteiger partial charge in [-0.1, -0.05) is 35.0 Å². The van der Waals surface area contributed by atoms with Crippen LogP contribution in [0.25, 0.3) is 16.6 Å². The summed E-state index contributed by atoms with van der Waals surface area (Å²) in [5.74, 6) is -1.16. The molecule has 2 aromatic heterocycles. The van der Waals surface area contributed by atoms with Crippen LogP contribution in [0.5, 0.6) is 0 Å². The van der Waals surface area contributed by atoms with Crippen LogP contribution in [0, 0.1) is 0 Å². The molecule has 0 saturated carbocycles. The Morgan fingerprint density at radius 3 is 2.50 bits per heavy atom. The molecule has 0 saturated heterocycles. The molecule has 32 heavy (non-hydrogen) atoms. The van der Waals surface area contributed by atoms with Gasteiger partial charge in [-0.3, -0.25) is 29.8 Å². The molecule has 0 radical (unpaired) electrons. The van der Waals surface area contributed by atoms with E-state index in [2.05, 4.69) is 15.8 Å². The van der Waals surface area contributed by atoms with E-state index >= 15 is 0 Å². The molecule has 0 bridgehead atoms. The van der Waals surface area contributed by atoms with Crippen molar-refractivity contribution in [1.29, 1.82) is 0 Å². The van der Waals surface area contributed by atoms with Crippen molar-refractivity contribution < 1.29 is 14.0 Å². The van der Waals surface area contributed by atoms with E-state index < -0.39 is 11.8 Å². The first-order chi connectivity index (χ1) is 15.4. The van der Waals surface area contributed by atoms with Gasteiger partial charge in [-0.05, 0) is 54.6 Å². The summed E-state index contributed by atoms with van der Waals surface area (Å²) in [7, 11) is 0. The highest BCUT2D eigenvalue weighted by Crippen LogP contribution is 2.23. The first-order valence-electron chi connectivity index (χ1n) is 9.16. The van der Waals surface area contributed by atoms with Crippen molar-refractivity contribution >= 4 is 57.7 Å². The zero-order valence-corrected chi connectivity index (χ0v) is 18.5. The molecule has 4 rings (SSSR count). The number of rotatable bonds is 5. The van der Waals surface area contributed by atoms with E-state index in [9.17, 15) is 14.4 Å². The monoisotopic (exact) mass is 488 g/mol. The van der Waals surface area contributed by atoms with Crippen LogP contribution in [0.3, 0.4) is 0 Å². The summed E-state index contributed by atoms with van der Waals surface area (Å²) in [6, 6.07) is 14.5. The molecule has 0 aliphatic rings. The van der Waals surface area contributed by atoms with Gasteiger partial charge in [0.25, 0.3) is 5.56 Å². The van der Waals surface area contributed by atoms with Crippen LogP contribution in [-0.4, -0.2) is 27.1 Å². The predicted octanol–water partition coefficient (Wildman–Crippen LogP) is 3.84. The van der Waals surface area contributed by atoms with Crippen molar-refractivity contribution in [3.8, 4) is 5.69 Å². The Balaban J connectivity index is 1.59. The van der Waals surface area contributed by atoms with Gasteiger partial charge in [-0.25, -0.2) is 4.98 Å². The van der Waals surface area contributed by atoms with Gasteiger partial charge >= 0.3 is 5.91 Å². The maximum absolute atomic E-state index is 13.2. The van der Waals surface area contributed by atoms with Crippen molar-refractivity contribution in [1.82, 2.24) is 20.4 Å². The van der Waals surface area contributed by atoms with Crippen LogP contribution in [0.15, 0.2) is 75.2 Å². The molecule has 8 nitrogen and oxygen atoms in total. The molecule has 2 N–H and O–H groups in total. The Morgan fingerprint density at radius 2 is 1.78 bits per heavy atom. The Bertz CT molecular complexity index is 1350. The SMILES string of the molecule is O=C(CSc1nc2cc(Cl)ccc2c(=O)n1-c1ccc(Cl)cc1)NNC(=O)c1ccco1. The molecule has 162 valence electrons. The third-order valence-corrected chi connectivity index (χ3v) is 5.70. The summed E-state index contributed by atoms with van der Waals surface area (Å²) >= 11 is 13.1. The minimum absolute atomic E-state index is 0.0580. The summed E-state index contributed by atoms with van der Waals surface area (Å²) in [6.07, 6.45) is 1.35. The number of nitrogens with one attached hydrogen (secondary N) is 2. The molecule has 2 heterocycles. The van der Waals surface area contributed by atoms with Crippen molar-refractivity contribution in [3.63, 3.8) is 0 Å². The third-order valence-electron chi connectivity index (χ3n) is 4.28. The van der Waals surface area contributed by atoms with Gasteiger partial charge in [0.2, 0.25) is 5.91 Å². The number of hydrazine groups is 1. The van der Waals surface area contributed by atoms with Crippen molar-refractivity contribution in [2.24, 2.45) is 0 Å². The number of amides is 2. The van der Waals surface area contributed by atoms with E-state index in [1.165, 1.54) is 16.9 Å². The van der Waals surface area contributed by atoms with Crippen LogP contribution in [-0.2, 0) is 4.79 Å². The lowest BCUT2D eigenvalue weighted by Crippen LogP contribution is -2.42. The van der Waals surface area contributed by atoms with Crippen molar-refractivity contribution in [3.05, 3.63) is 87.0 Å². The van der Waals surface area contributed by atoms with E-state index in [-0.39, 0.29) is 22.2 Å². The molecular weight excluding hydrogens is 475 g/mol. The molecule has 0 aliphatic heterocycles. The van der Waals surface area contributed by atoms with Gasteiger partial charge in [0.15, 0.2) is 10.9 Å².